The van der Waals surface area contributed by atoms with Gasteiger partial charge in [-0.3, -0.25) is 9.59 Å². The number of rotatable bonds is 7. The lowest BCUT2D eigenvalue weighted by Gasteiger charge is -2.18. The van der Waals surface area contributed by atoms with E-state index in [-0.39, 0.29) is 5.91 Å². The summed E-state index contributed by atoms with van der Waals surface area (Å²) in [5.74, 6) is -1.58. The van der Waals surface area contributed by atoms with Crippen LogP contribution < -0.4 is 0 Å². The number of carbonyl (C=O) groups excluding carboxylic acids is 1. The van der Waals surface area contributed by atoms with Crippen molar-refractivity contribution in [3.05, 3.63) is 60.2 Å². The number of carbonyl (C=O) groups is 2. The molecule has 0 bridgehead atoms. The maximum Gasteiger partial charge on any atom is 0.325 e. The third kappa shape index (κ3) is 5.19. The third-order valence-corrected chi connectivity index (χ3v) is 4.16. The Morgan fingerprint density at radius 1 is 1.16 bits per heavy atom. The molecule has 1 N–H and O–H groups in total. The molecule has 130 valence electrons. The Morgan fingerprint density at radius 3 is 2.44 bits per heavy atom. The van der Waals surface area contributed by atoms with Crippen molar-refractivity contribution in [2.45, 2.75) is 6.92 Å². The summed E-state index contributed by atoms with van der Waals surface area (Å²) in [6, 6.07) is 17.4. The molecular weight excluding hydrogens is 336 g/mol. The highest BCUT2D eigenvalue weighted by Gasteiger charge is 2.21. The van der Waals surface area contributed by atoms with Crippen LogP contribution in [0, 0.1) is 5.92 Å². The normalized spacial score (nSPS) is 12.1. The highest BCUT2D eigenvalue weighted by molar-refractivity contribution is 7.80. The standard InChI is InChI=1S/C19H20N2O3S/c1-14(13-25)19(24)21(12-18(22)23)20-11-16-9-5-6-10-17(16)15-7-3-2-4-8-15/h2-11,14,25H,12-13H2,1H3,(H,22,23)/b20-11-/t14-/m1/s1. The van der Waals surface area contributed by atoms with Gasteiger partial charge in [-0.2, -0.15) is 17.7 Å². The Labute approximate surface area is 152 Å². The lowest BCUT2D eigenvalue weighted by Crippen LogP contribution is -2.35. The molecule has 0 fully saturated rings. The number of thiol groups is 1. The molecule has 0 aromatic heterocycles. The molecule has 0 heterocycles. The maximum absolute atomic E-state index is 12.3. The number of carboxylic acid groups (broad SMARTS) is 1. The minimum absolute atomic E-state index is 0.324. The number of aliphatic carboxylic acids is 1. The lowest BCUT2D eigenvalue weighted by atomic mass is 10.0. The number of benzene rings is 2. The van der Waals surface area contributed by atoms with Crippen LogP contribution in [0.2, 0.25) is 0 Å². The van der Waals surface area contributed by atoms with Crippen molar-refractivity contribution >= 4 is 30.7 Å². The van der Waals surface area contributed by atoms with Crippen LogP contribution in [-0.2, 0) is 9.59 Å². The Hall–Kier alpha value is -2.60. The molecule has 1 amide bonds. The molecule has 2 aromatic carbocycles. The second-order valence-corrected chi connectivity index (χ2v) is 5.94. The average molecular weight is 356 g/mol. The SMILES string of the molecule is C[C@H](CS)C(=O)N(CC(=O)O)/N=C\c1ccccc1-c1ccccc1. The molecule has 0 saturated heterocycles. The first-order valence-corrected chi connectivity index (χ1v) is 8.48. The van der Waals surface area contributed by atoms with Crippen molar-refractivity contribution in [3.8, 4) is 11.1 Å². The second-order valence-electron chi connectivity index (χ2n) is 5.57. The zero-order valence-corrected chi connectivity index (χ0v) is 14.8. The molecule has 1 atom stereocenters. The highest BCUT2D eigenvalue weighted by Crippen LogP contribution is 2.22. The van der Waals surface area contributed by atoms with Crippen LogP contribution in [0.25, 0.3) is 11.1 Å². The summed E-state index contributed by atoms with van der Waals surface area (Å²) < 4.78 is 0. The maximum atomic E-state index is 12.3. The predicted octanol–water partition coefficient (Wildman–Crippen LogP) is 3.17. The van der Waals surface area contributed by atoms with Crippen LogP contribution in [0.4, 0.5) is 0 Å². The molecule has 6 heteroatoms. The van der Waals surface area contributed by atoms with E-state index in [4.69, 9.17) is 5.11 Å². The predicted molar refractivity (Wildman–Crippen MR) is 102 cm³/mol. The molecule has 0 aliphatic heterocycles. The fourth-order valence-electron chi connectivity index (χ4n) is 2.26. The number of hydrazone groups is 1. The van der Waals surface area contributed by atoms with E-state index < -0.39 is 18.4 Å². The summed E-state index contributed by atoms with van der Waals surface area (Å²) >= 11 is 4.10. The van der Waals surface area contributed by atoms with Gasteiger partial charge in [0, 0.05) is 17.2 Å². The van der Waals surface area contributed by atoms with Gasteiger partial charge in [-0.25, -0.2) is 5.01 Å². The summed E-state index contributed by atoms with van der Waals surface area (Å²) in [5.41, 5.74) is 2.77. The largest absolute Gasteiger partial charge is 0.480 e. The number of carboxylic acids is 1. The molecule has 0 unspecified atom stereocenters. The summed E-state index contributed by atoms with van der Waals surface area (Å²) in [6.07, 6.45) is 1.52. The monoisotopic (exact) mass is 356 g/mol. The molecule has 5 nitrogen and oxygen atoms in total. The molecule has 0 spiro atoms. The van der Waals surface area contributed by atoms with Crippen LogP contribution in [0.1, 0.15) is 12.5 Å². The zero-order chi connectivity index (χ0) is 18.2. The van der Waals surface area contributed by atoms with Gasteiger partial charge in [-0.1, -0.05) is 61.5 Å². The van der Waals surface area contributed by atoms with Gasteiger partial charge in [0.2, 0.25) is 5.91 Å². The van der Waals surface area contributed by atoms with E-state index in [0.717, 1.165) is 21.7 Å². The van der Waals surface area contributed by atoms with E-state index >= 15 is 0 Å². The Kier molecular flexibility index (Phi) is 6.77. The van der Waals surface area contributed by atoms with E-state index in [1.54, 1.807) is 6.92 Å². The van der Waals surface area contributed by atoms with Crippen molar-refractivity contribution in [3.63, 3.8) is 0 Å². The Bertz CT molecular complexity index is 762. The van der Waals surface area contributed by atoms with Crippen molar-refractivity contribution in [1.29, 1.82) is 0 Å². The summed E-state index contributed by atoms with van der Waals surface area (Å²) in [6.45, 7) is 1.21. The molecule has 2 rings (SSSR count). The minimum atomic E-state index is -1.12. The molecule has 0 aliphatic carbocycles. The zero-order valence-electron chi connectivity index (χ0n) is 13.9. The quantitative estimate of drug-likeness (QED) is 0.455. The molecular formula is C19H20N2O3S. The topological polar surface area (TPSA) is 70.0 Å². The smallest absolute Gasteiger partial charge is 0.325 e. The average Bonchev–Trinajstić information content (AvgIpc) is 2.64. The highest BCUT2D eigenvalue weighted by atomic mass is 32.1. The number of hydrogen-bond donors (Lipinski definition) is 2. The van der Waals surface area contributed by atoms with Gasteiger partial charge >= 0.3 is 5.97 Å². The van der Waals surface area contributed by atoms with E-state index in [2.05, 4.69) is 17.7 Å². The van der Waals surface area contributed by atoms with Gasteiger partial charge in [0.05, 0.1) is 6.21 Å². The first kappa shape index (κ1) is 18.7. The minimum Gasteiger partial charge on any atom is -0.480 e. The summed E-state index contributed by atoms with van der Waals surface area (Å²) in [4.78, 5) is 23.3. The molecule has 25 heavy (non-hydrogen) atoms. The van der Waals surface area contributed by atoms with Crippen molar-refractivity contribution < 1.29 is 14.7 Å². The van der Waals surface area contributed by atoms with Crippen LogP contribution >= 0.6 is 12.6 Å². The van der Waals surface area contributed by atoms with Gasteiger partial charge in [0.15, 0.2) is 0 Å². The van der Waals surface area contributed by atoms with Crippen molar-refractivity contribution in [2.24, 2.45) is 11.0 Å². The van der Waals surface area contributed by atoms with E-state index in [1.165, 1.54) is 6.21 Å². The van der Waals surface area contributed by atoms with Gasteiger partial charge in [-0.15, -0.1) is 0 Å². The van der Waals surface area contributed by atoms with Crippen LogP contribution in [0.15, 0.2) is 59.7 Å². The van der Waals surface area contributed by atoms with Gasteiger partial charge in [0.25, 0.3) is 0 Å². The Morgan fingerprint density at radius 2 is 1.80 bits per heavy atom. The van der Waals surface area contributed by atoms with Gasteiger partial charge < -0.3 is 5.11 Å². The van der Waals surface area contributed by atoms with Crippen molar-refractivity contribution in [1.82, 2.24) is 5.01 Å². The lowest BCUT2D eigenvalue weighted by molar-refractivity contribution is -0.145. The van der Waals surface area contributed by atoms with E-state index in [9.17, 15) is 9.59 Å². The first-order valence-electron chi connectivity index (χ1n) is 7.85. The van der Waals surface area contributed by atoms with E-state index in [1.807, 2.05) is 54.6 Å². The third-order valence-electron chi connectivity index (χ3n) is 3.62. The first-order chi connectivity index (χ1) is 12.0. The number of amides is 1. The summed E-state index contributed by atoms with van der Waals surface area (Å²) in [7, 11) is 0. The van der Waals surface area contributed by atoms with Crippen LogP contribution in [0.5, 0.6) is 0 Å². The summed E-state index contributed by atoms with van der Waals surface area (Å²) in [5, 5.41) is 14.1. The molecule has 0 saturated carbocycles. The number of hydrogen-bond acceptors (Lipinski definition) is 4. The van der Waals surface area contributed by atoms with Crippen LogP contribution in [-0.4, -0.2) is 40.5 Å². The van der Waals surface area contributed by atoms with Gasteiger partial charge in [0.1, 0.15) is 6.54 Å². The van der Waals surface area contributed by atoms with Crippen LogP contribution in [0.3, 0.4) is 0 Å². The fourth-order valence-corrected chi connectivity index (χ4v) is 2.41. The van der Waals surface area contributed by atoms with Crippen molar-refractivity contribution in [2.75, 3.05) is 12.3 Å². The molecule has 2 aromatic rings. The molecule has 0 radical (unpaired) electrons. The number of nitrogens with zero attached hydrogens (tertiary/aromatic N) is 2. The van der Waals surface area contributed by atoms with Gasteiger partial charge in [-0.05, 0) is 11.1 Å². The molecule has 0 aliphatic rings. The Balaban J connectivity index is 2.32. The fraction of sp³-hybridized carbons (Fsp3) is 0.211. The second kappa shape index (κ2) is 9.03. The van der Waals surface area contributed by atoms with E-state index in [0.29, 0.717) is 5.75 Å².